The molecule has 0 spiro atoms. The molecule has 3 aromatic heterocycles. The molecule has 4 heterocycles. The van der Waals surface area contributed by atoms with Gasteiger partial charge in [-0.25, -0.2) is 14.1 Å². The molecule has 10 heteroatoms. The Morgan fingerprint density at radius 1 is 1.00 bits per heavy atom. The lowest BCUT2D eigenvalue weighted by molar-refractivity contribution is -0.127. The van der Waals surface area contributed by atoms with Gasteiger partial charge in [0.1, 0.15) is 0 Å². The van der Waals surface area contributed by atoms with Crippen LogP contribution in [-0.2, 0) is 4.79 Å². The Morgan fingerprint density at radius 3 is 2.34 bits per heavy atom. The second kappa shape index (κ2) is 7.80. The van der Waals surface area contributed by atoms with E-state index in [1.54, 1.807) is 46.2 Å². The molecule has 0 atom stereocenters. The zero-order chi connectivity index (χ0) is 22.2. The standard InChI is InChI=1S/C22H19FN6O3/c23-16-13-25-20(29-7-6-26-29)18-17(16)15(12-24-18)19(30)22(32)28-10-8-27(9-11-28)21(31)14-4-2-1-3-5-14/h1-7,12-13,24,26H,8-11H2. The number of nitrogens with one attached hydrogen (secondary N) is 2. The number of fused-ring (bicyclic) bond motifs is 1. The number of aromatic amines is 2. The van der Waals surface area contributed by atoms with Crippen LogP contribution in [0.4, 0.5) is 4.39 Å². The van der Waals surface area contributed by atoms with Gasteiger partial charge in [0.05, 0.1) is 22.7 Å². The molecular weight excluding hydrogens is 415 g/mol. The third-order valence-corrected chi connectivity index (χ3v) is 5.62. The second-order valence-electron chi connectivity index (χ2n) is 7.48. The van der Waals surface area contributed by atoms with Crippen molar-refractivity contribution in [3.63, 3.8) is 0 Å². The number of benzene rings is 1. The van der Waals surface area contributed by atoms with Crippen molar-refractivity contribution in [1.82, 2.24) is 29.5 Å². The molecule has 1 fully saturated rings. The topological polar surface area (TPSA) is 107 Å². The molecule has 2 amide bonds. The Labute approximate surface area is 181 Å². The van der Waals surface area contributed by atoms with Crippen molar-refractivity contribution in [2.24, 2.45) is 0 Å². The molecule has 0 radical (unpaired) electrons. The van der Waals surface area contributed by atoms with Gasteiger partial charge in [0.15, 0.2) is 11.6 Å². The molecule has 32 heavy (non-hydrogen) atoms. The molecule has 1 aliphatic heterocycles. The van der Waals surface area contributed by atoms with Gasteiger partial charge in [-0.15, -0.1) is 0 Å². The summed E-state index contributed by atoms with van der Waals surface area (Å²) in [6, 6.07) is 8.90. The van der Waals surface area contributed by atoms with Gasteiger partial charge < -0.3 is 14.8 Å². The molecule has 5 rings (SSSR count). The van der Waals surface area contributed by atoms with E-state index in [0.717, 1.165) is 6.20 Å². The van der Waals surface area contributed by atoms with Crippen molar-refractivity contribution in [2.45, 2.75) is 0 Å². The van der Waals surface area contributed by atoms with Crippen LogP contribution in [0.25, 0.3) is 16.7 Å². The van der Waals surface area contributed by atoms with E-state index < -0.39 is 17.5 Å². The van der Waals surface area contributed by atoms with Gasteiger partial charge in [0, 0.05) is 50.3 Å². The lowest BCUT2D eigenvalue weighted by Crippen LogP contribution is -2.52. The van der Waals surface area contributed by atoms with Gasteiger partial charge in [0.25, 0.3) is 17.6 Å². The average Bonchev–Trinajstić information content (AvgIpc) is 3.25. The number of hydrogen-bond donors (Lipinski definition) is 2. The van der Waals surface area contributed by atoms with E-state index in [2.05, 4.69) is 15.1 Å². The Morgan fingerprint density at radius 2 is 1.69 bits per heavy atom. The first-order valence-corrected chi connectivity index (χ1v) is 10.1. The van der Waals surface area contributed by atoms with Crippen LogP contribution in [-0.4, -0.2) is 73.3 Å². The number of rotatable bonds is 4. The number of amides is 2. The number of carbonyl (C=O) groups is 3. The number of Topliss-reactive ketones (excluding diaryl/α,β-unsaturated/α-hetero) is 1. The average molecular weight is 434 g/mol. The van der Waals surface area contributed by atoms with Crippen LogP contribution in [0.3, 0.4) is 0 Å². The number of aromatic nitrogens is 4. The lowest BCUT2D eigenvalue weighted by Gasteiger charge is -2.34. The SMILES string of the molecule is O=C(C(=O)N1CCN(C(=O)c2ccccc2)CC1)c1c[nH]c2c(-n3cc[nH]3)ncc(F)c12. The van der Waals surface area contributed by atoms with Crippen LogP contribution in [0.5, 0.6) is 0 Å². The molecule has 0 aliphatic carbocycles. The Hall–Kier alpha value is -4.21. The first-order chi connectivity index (χ1) is 15.5. The summed E-state index contributed by atoms with van der Waals surface area (Å²) in [5, 5.41) is 2.89. The van der Waals surface area contributed by atoms with E-state index in [9.17, 15) is 18.8 Å². The number of piperazine rings is 1. The quantitative estimate of drug-likeness (QED) is 0.378. The highest BCUT2D eigenvalue weighted by molar-refractivity contribution is 6.45. The molecule has 4 aromatic rings. The van der Waals surface area contributed by atoms with Gasteiger partial charge in [-0.3, -0.25) is 19.5 Å². The van der Waals surface area contributed by atoms with Gasteiger partial charge in [0.2, 0.25) is 0 Å². The summed E-state index contributed by atoms with van der Waals surface area (Å²) in [6.07, 6.45) is 5.73. The normalized spacial score (nSPS) is 14.2. The molecular formula is C22H19FN6O3. The predicted octanol–water partition coefficient (Wildman–Crippen LogP) is 1.99. The minimum Gasteiger partial charge on any atom is -0.357 e. The predicted molar refractivity (Wildman–Crippen MR) is 113 cm³/mol. The number of H-pyrrole nitrogens is 2. The number of nitrogens with zero attached hydrogens (tertiary/aromatic N) is 4. The number of carbonyl (C=O) groups excluding carboxylic acids is 3. The number of hydrogen-bond acceptors (Lipinski definition) is 4. The highest BCUT2D eigenvalue weighted by Gasteiger charge is 2.31. The van der Waals surface area contributed by atoms with Crippen LogP contribution >= 0.6 is 0 Å². The lowest BCUT2D eigenvalue weighted by atomic mass is 10.1. The van der Waals surface area contributed by atoms with E-state index >= 15 is 0 Å². The summed E-state index contributed by atoms with van der Waals surface area (Å²) < 4.78 is 16.1. The largest absolute Gasteiger partial charge is 0.357 e. The molecule has 0 saturated carbocycles. The first-order valence-electron chi connectivity index (χ1n) is 10.1. The van der Waals surface area contributed by atoms with Crippen LogP contribution in [0.15, 0.2) is 55.1 Å². The van der Waals surface area contributed by atoms with Gasteiger partial charge in [-0.05, 0) is 12.1 Å². The number of pyridine rings is 1. The Balaban J connectivity index is 1.33. The molecule has 0 unspecified atom stereocenters. The summed E-state index contributed by atoms with van der Waals surface area (Å²) in [4.78, 5) is 48.4. The molecule has 1 saturated heterocycles. The molecule has 162 valence electrons. The van der Waals surface area contributed by atoms with Crippen molar-refractivity contribution in [3.8, 4) is 5.82 Å². The number of ketones is 1. The fourth-order valence-electron chi connectivity index (χ4n) is 3.87. The van der Waals surface area contributed by atoms with Crippen molar-refractivity contribution >= 4 is 28.5 Å². The highest BCUT2D eigenvalue weighted by atomic mass is 19.1. The van der Waals surface area contributed by atoms with Crippen LogP contribution < -0.4 is 0 Å². The molecule has 1 aromatic carbocycles. The zero-order valence-corrected chi connectivity index (χ0v) is 16.9. The van der Waals surface area contributed by atoms with Gasteiger partial charge >= 0.3 is 0 Å². The minimum atomic E-state index is -0.803. The van der Waals surface area contributed by atoms with Gasteiger partial charge in [-0.1, -0.05) is 18.2 Å². The maximum atomic E-state index is 14.6. The van der Waals surface area contributed by atoms with Crippen LogP contribution in [0, 0.1) is 5.82 Å². The van der Waals surface area contributed by atoms with Crippen molar-refractivity contribution in [3.05, 3.63) is 72.1 Å². The maximum absolute atomic E-state index is 14.6. The maximum Gasteiger partial charge on any atom is 0.295 e. The molecule has 9 nitrogen and oxygen atoms in total. The zero-order valence-electron chi connectivity index (χ0n) is 16.9. The first kappa shape index (κ1) is 19.7. The van der Waals surface area contributed by atoms with Crippen molar-refractivity contribution in [1.29, 1.82) is 0 Å². The fourth-order valence-corrected chi connectivity index (χ4v) is 3.87. The third kappa shape index (κ3) is 3.25. The monoisotopic (exact) mass is 434 g/mol. The van der Waals surface area contributed by atoms with Crippen LogP contribution in [0.1, 0.15) is 20.7 Å². The minimum absolute atomic E-state index is 0.0216. The third-order valence-electron chi connectivity index (χ3n) is 5.62. The smallest absolute Gasteiger partial charge is 0.295 e. The van der Waals surface area contributed by atoms with E-state index in [4.69, 9.17) is 0 Å². The number of halogens is 1. The summed E-state index contributed by atoms with van der Waals surface area (Å²) >= 11 is 0. The van der Waals surface area contributed by atoms with E-state index in [1.165, 1.54) is 11.1 Å². The van der Waals surface area contributed by atoms with Crippen molar-refractivity contribution < 1.29 is 18.8 Å². The molecule has 1 aliphatic rings. The van der Waals surface area contributed by atoms with Crippen molar-refractivity contribution in [2.75, 3.05) is 26.2 Å². The Kier molecular flexibility index (Phi) is 4.81. The van der Waals surface area contributed by atoms with Gasteiger partial charge in [-0.2, -0.15) is 0 Å². The summed E-state index contributed by atoms with van der Waals surface area (Å²) in [6.45, 7) is 1.08. The Bertz CT molecular complexity index is 1300. The summed E-state index contributed by atoms with van der Waals surface area (Å²) in [5.74, 6) is -1.94. The molecule has 2 N–H and O–H groups in total. The fraction of sp³-hybridized carbons (Fsp3) is 0.182. The van der Waals surface area contributed by atoms with E-state index in [1.807, 2.05) is 6.07 Å². The summed E-state index contributed by atoms with van der Waals surface area (Å²) in [7, 11) is 0. The second-order valence-corrected chi connectivity index (χ2v) is 7.48. The van der Waals surface area contributed by atoms with Crippen LogP contribution in [0.2, 0.25) is 0 Å². The van der Waals surface area contributed by atoms with E-state index in [0.29, 0.717) is 30.0 Å². The highest BCUT2D eigenvalue weighted by Crippen LogP contribution is 2.26. The molecule has 0 bridgehead atoms. The summed E-state index contributed by atoms with van der Waals surface area (Å²) in [5.41, 5.74) is 0.850. The van der Waals surface area contributed by atoms with E-state index in [-0.39, 0.29) is 29.9 Å².